The van der Waals surface area contributed by atoms with Gasteiger partial charge in [0.15, 0.2) is 0 Å². The SMILES string of the molecule is C1CC1.C=C(F)/C(=C\C=C/C)C(=O)N1CC(CC)c2cc(F)ccc21.CC.CC.CCNC. The largest absolute Gasteiger partial charge is 0.320 e. The molecule has 1 aromatic carbocycles. The maximum absolute atomic E-state index is 13.6. The molecule has 5 heteroatoms. The second-order valence-corrected chi connectivity index (χ2v) is 7.00. The van der Waals surface area contributed by atoms with E-state index in [1.807, 2.05) is 41.7 Å². The van der Waals surface area contributed by atoms with E-state index in [-0.39, 0.29) is 17.3 Å². The van der Waals surface area contributed by atoms with Gasteiger partial charge in [-0.2, -0.15) is 0 Å². The molecular weight excluding hydrogens is 418 g/mol. The number of rotatable bonds is 5. The number of carbonyl (C=O) groups excluding carboxylic acids is 1. The summed E-state index contributed by atoms with van der Waals surface area (Å²) in [4.78, 5) is 14.1. The van der Waals surface area contributed by atoms with Gasteiger partial charge in [0.1, 0.15) is 11.6 Å². The molecule has 1 aliphatic carbocycles. The van der Waals surface area contributed by atoms with Gasteiger partial charge in [0, 0.05) is 18.2 Å². The van der Waals surface area contributed by atoms with Gasteiger partial charge >= 0.3 is 0 Å². The Hall–Kier alpha value is -2.27. The number of amides is 1. The van der Waals surface area contributed by atoms with Gasteiger partial charge in [-0.15, -0.1) is 0 Å². The van der Waals surface area contributed by atoms with Gasteiger partial charge in [-0.3, -0.25) is 4.79 Å². The molecule has 0 saturated heterocycles. The molecule has 0 spiro atoms. The van der Waals surface area contributed by atoms with Gasteiger partial charge in [0.25, 0.3) is 5.91 Å². The monoisotopic (exact) mass is 464 g/mol. The van der Waals surface area contributed by atoms with Crippen molar-refractivity contribution in [3.05, 3.63) is 65.8 Å². The molecule has 1 amide bonds. The van der Waals surface area contributed by atoms with Crippen molar-refractivity contribution in [3.8, 4) is 0 Å². The lowest BCUT2D eigenvalue weighted by atomic mass is 9.99. The molecule has 1 unspecified atom stereocenters. The zero-order chi connectivity index (χ0) is 25.8. The molecule has 2 aliphatic rings. The van der Waals surface area contributed by atoms with Crippen molar-refractivity contribution in [1.29, 1.82) is 0 Å². The number of benzene rings is 1. The second-order valence-electron chi connectivity index (χ2n) is 7.00. The Morgan fingerprint density at radius 1 is 1.18 bits per heavy atom. The number of carbonyl (C=O) groups is 1. The molecule has 1 fully saturated rings. The van der Waals surface area contributed by atoms with E-state index in [4.69, 9.17) is 0 Å². The number of hydrogen-bond acceptors (Lipinski definition) is 2. The van der Waals surface area contributed by atoms with Crippen LogP contribution in [0.25, 0.3) is 0 Å². The Bertz CT molecular complexity index is 735. The summed E-state index contributed by atoms with van der Waals surface area (Å²) in [6.07, 6.45) is 9.99. The van der Waals surface area contributed by atoms with Gasteiger partial charge in [-0.05, 0) is 56.8 Å². The summed E-state index contributed by atoms with van der Waals surface area (Å²) in [7, 11) is 1.93. The number of anilines is 1. The first kappa shape index (κ1) is 32.9. The summed E-state index contributed by atoms with van der Waals surface area (Å²) < 4.78 is 27.1. The van der Waals surface area contributed by atoms with Crippen molar-refractivity contribution in [2.75, 3.05) is 25.0 Å². The summed E-state index contributed by atoms with van der Waals surface area (Å²) in [5.41, 5.74) is 1.36. The molecule has 1 aliphatic heterocycles. The maximum Gasteiger partial charge on any atom is 0.261 e. The highest BCUT2D eigenvalue weighted by Crippen LogP contribution is 2.39. The molecule has 1 aromatic rings. The molecule has 3 rings (SSSR count). The van der Waals surface area contributed by atoms with Crippen LogP contribution in [0.3, 0.4) is 0 Å². The van der Waals surface area contributed by atoms with Crippen LogP contribution in [0.5, 0.6) is 0 Å². The average molecular weight is 465 g/mol. The van der Waals surface area contributed by atoms with E-state index in [1.165, 1.54) is 42.4 Å². The minimum absolute atomic E-state index is 0.0606. The molecule has 1 heterocycles. The predicted molar refractivity (Wildman–Crippen MR) is 141 cm³/mol. The van der Waals surface area contributed by atoms with E-state index < -0.39 is 11.7 Å². The van der Waals surface area contributed by atoms with Crippen LogP contribution in [0, 0.1) is 5.82 Å². The molecule has 0 bridgehead atoms. The summed E-state index contributed by atoms with van der Waals surface area (Å²) >= 11 is 0. The van der Waals surface area contributed by atoms with Crippen molar-refractivity contribution < 1.29 is 13.6 Å². The van der Waals surface area contributed by atoms with Crippen LogP contribution in [0.1, 0.15) is 85.6 Å². The lowest BCUT2D eigenvalue weighted by Crippen LogP contribution is -2.31. The maximum atomic E-state index is 13.6. The lowest BCUT2D eigenvalue weighted by molar-refractivity contribution is -0.115. The zero-order valence-electron chi connectivity index (χ0n) is 22.1. The number of hydrogen-bond donors (Lipinski definition) is 1. The van der Waals surface area contributed by atoms with E-state index in [9.17, 15) is 13.6 Å². The minimum atomic E-state index is -0.772. The smallest absolute Gasteiger partial charge is 0.261 e. The Balaban J connectivity index is 0. The fraction of sp³-hybridized carbons (Fsp3) is 0.536. The molecule has 0 aromatic heterocycles. The highest BCUT2D eigenvalue weighted by molar-refractivity contribution is 6.09. The molecule has 1 atom stereocenters. The first-order chi connectivity index (χ1) is 15.9. The van der Waals surface area contributed by atoms with Crippen molar-refractivity contribution in [1.82, 2.24) is 5.32 Å². The Morgan fingerprint density at radius 3 is 2.12 bits per heavy atom. The van der Waals surface area contributed by atoms with Gasteiger partial charge in [0.05, 0.1) is 5.57 Å². The van der Waals surface area contributed by atoms with Crippen molar-refractivity contribution in [2.24, 2.45) is 0 Å². The Morgan fingerprint density at radius 2 is 1.73 bits per heavy atom. The third-order valence-corrected chi connectivity index (χ3v) is 4.55. The van der Waals surface area contributed by atoms with E-state index in [0.717, 1.165) is 18.5 Å². The molecule has 1 saturated carbocycles. The third kappa shape index (κ3) is 12.5. The van der Waals surface area contributed by atoms with Gasteiger partial charge in [-0.25, -0.2) is 8.78 Å². The second kappa shape index (κ2) is 20.3. The van der Waals surface area contributed by atoms with Crippen LogP contribution in [0.2, 0.25) is 0 Å². The number of fused-ring (bicyclic) bond motifs is 1. The highest BCUT2D eigenvalue weighted by Gasteiger charge is 2.33. The molecule has 3 nitrogen and oxygen atoms in total. The highest BCUT2D eigenvalue weighted by atomic mass is 19.1. The van der Waals surface area contributed by atoms with Gasteiger partial charge in [0.2, 0.25) is 0 Å². The summed E-state index contributed by atoms with van der Waals surface area (Å²) in [6.45, 7) is 18.6. The van der Waals surface area contributed by atoms with Crippen LogP contribution >= 0.6 is 0 Å². The third-order valence-electron chi connectivity index (χ3n) is 4.55. The Labute approximate surface area is 201 Å². The van der Waals surface area contributed by atoms with Crippen molar-refractivity contribution in [3.63, 3.8) is 0 Å². The molecule has 188 valence electrons. The van der Waals surface area contributed by atoms with Crippen molar-refractivity contribution in [2.45, 2.75) is 80.1 Å². The van der Waals surface area contributed by atoms with Crippen LogP contribution in [-0.2, 0) is 4.79 Å². The van der Waals surface area contributed by atoms with E-state index in [2.05, 4.69) is 18.8 Å². The first-order valence-corrected chi connectivity index (χ1v) is 12.3. The predicted octanol–water partition coefficient (Wildman–Crippen LogP) is 8.10. The Kier molecular flexibility index (Phi) is 20.3. The first-order valence-electron chi connectivity index (χ1n) is 12.3. The number of allylic oxidation sites excluding steroid dienone is 3. The number of nitrogens with zero attached hydrogens (tertiary/aromatic N) is 1. The number of halogens is 2. The van der Waals surface area contributed by atoms with E-state index in [1.54, 1.807) is 25.1 Å². The standard InChI is InChI=1S/C18H19F2NO.C3H9N.C3H6.2C2H6/c1-4-6-7-15(12(3)19)18(22)21-11-13(5-2)16-10-14(20)8-9-17(16)21;1-3-4-2;1-2-3-1;2*1-2/h4,6-10,13H,3,5,11H2,1-2H3;4H,3H2,1-2H3;1-3H2;2*1-2H3/b6-4-,15-7+;;;;. The lowest BCUT2D eigenvalue weighted by Gasteiger charge is -2.18. The zero-order valence-corrected chi connectivity index (χ0v) is 22.1. The van der Waals surface area contributed by atoms with Crippen LogP contribution in [0.4, 0.5) is 14.5 Å². The van der Waals surface area contributed by atoms with Crippen LogP contribution < -0.4 is 10.2 Å². The van der Waals surface area contributed by atoms with Crippen molar-refractivity contribution >= 4 is 11.6 Å². The molecular formula is C28H46F2N2O. The van der Waals surface area contributed by atoms with E-state index >= 15 is 0 Å². The van der Waals surface area contributed by atoms with Gasteiger partial charge in [-0.1, -0.05) is 79.5 Å². The van der Waals surface area contributed by atoms with Crippen LogP contribution in [-0.4, -0.2) is 26.0 Å². The average Bonchev–Trinajstić information content (AvgIpc) is 3.69. The molecule has 1 N–H and O–H groups in total. The van der Waals surface area contributed by atoms with Gasteiger partial charge < -0.3 is 10.2 Å². The van der Waals surface area contributed by atoms with Crippen LogP contribution in [0.15, 0.2) is 54.4 Å². The normalized spacial score (nSPS) is 15.4. The summed E-state index contributed by atoms with van der Waals surface area (Å²) in [5, 5.41) is 2.93. The summed E-state index contributed by atoms with van der Waals surface area (Å²) in [6, 6.07) is 4.35. The quantitative estimate of drug-likeness (QED) is 0.353. The fourth-order valence-corrected chi connectivity index (χ4v) is 2.67. The minimum Gasteiger partial charge on any atom is -0.320 e. The number of nitrogens with one attached hydrogen (secondary N) is 1. The summed E-state index contributed by atoms with van der Waals surface area (Å²) in [5.74, 6) is -1.49. The van der Waals surface area contributed by atoms with E-state index in [0.29, 0.717) is 12.2 Å². The topological polar surface area (TPSA) is 32.3 Å². The molecule has 33 heavy (non-hydrogen) atoms. The fourth-order valence-electron chi connectivity index (χ4n) is 2.67. The molecule has 0 radical (unpaired) electrons.